The molecule has 4 rings (SSSR count). The maximum Gasteiger partial charge on any atom is 0.418 e. The zero-order valence-electron chi connectivity index (χ0n) is 17.7. The van der Waals surface area contributed by atoms with E-state index in [9.17, 15) is 9.59 Å². The van der Waals surface area contributed by atoms with Gasteiger partial charge in [-0.1, -0.05) is 48.0 Å². The SMILES string of the molecule is O=C(Nc1c(Cl)c(COC2CCN(C(=O)O)CC2)nn1-c1ccccc1)Oc1ccccc1. The molecule has 0 saturated carbocycles. The van der Waals surface area contributed by atoms with Gasteiger partial charge in [-0.3, -0.25) is 5.32 Å². The van der Waals surface area contributed by atoms with Crippen LogP contribution in [0.3, 0.4) is 0 Å². The first-order valence-electron chi connectivity index (χ1n) is 10.5. The lowest BCUT2D eigenvalue weighted by Crippen LogP contribution is -2.40. The molecule has 2 aromatic carbocycles. The van der Waals surface area contributed by atoms with E-state index in [4.69, 9.17) is 26.2 Å². The first-order chi connectivity index (χ1) is 16.0. The van der Waals surface area contributed by atoms with Crippen molar-refractivity contribution in [3.63, 3.8) is 0 Å². The lowest BCUT2D eigenvalue weighted by Gasteiger charge is -2.29. The summed E-state index contributed by atoms with van der Waals surface area (Å²) in [5.41, 5.74) is 1.16. The summed E-state index contributed by atoms with van der Waals surface area (Å²) >= 11 is 6.59. The fourth-order valence-corrected chi connectivity index (χ4v) is 3.75. The molecule has 9 nitrogen and oxygen atoms in total. The molecule has 0 unspecified atom stereocenters. The Labute approximate surface area is 195 Å². The maximum atomic E-state index is 12.5. The summed E-state index contributed by atoms with van der Waals surface area (Å²) < 4.78 is 12.8. The average molecular weight is 471 g/mol. The van der Waals surface area contributed by atoms with Gasteiger partial charge in [-0.05, 0) is 37.1 Å². The van der Waals surface area contributed by atoms with Gasteiger partial charge in [-0.2, -0.15) is 5.10 Å². The molecule has 2 N–H and O–H groups in total. The fraction of sp³-hybridized carbons (Fsp3) is 0.261. The summed E-state index contributed by atoms with van der Waals surface area (Å²) in [6, 6.07) is 17.9. The van der Waals surface area contributed by atoms with Crippen molar-refractivity contribution in [1.82, 2.24) is 14.7 Å². The van der Waals surface area contributed by atoms with Crippen LogP contribution in [-0.4, -0.2) is 51.2 Å². The lowest BCUT2D eigenvalue weighted by atomic mass is 10.1. The van der Waals surface area contributed by atoms with Gasteiger partial charge in [0.25, 0.3) is 0 Å². The van der Waals surface area contributed by atoms with Crippen LogP contribution >= 0.6 is 11.6 Å². The van der Waals surface area contributed by atoms with Gasteiger partial charge < -0.3 is 19.5 Å². The molecule has 0 radical (unpaired) electrons. The van der Waals surface area contributed by atoms with Gasteiger partial charge in [0.05, 0.1) is 18.4 Å². The fourth-order valence-electron chi connectivity index (χ4n) is 3.53. The second kappa shape index (κ2) is 10.4. The topological polar surface area (TPSA) is 106 Å². The lowest BCUT2D eigenvalue weighted by molar-refractivity contribution is -0.000997. The van der Waals surface area contributed by atoms with E-state index in [0.717, 1.165) is 0 Å². The zero-order chi connectivity index (χ0) is 23.2. The summed E-state index contributed by atoms with van der Waals surface area (Å²) in [6.45, 7) is 0.966. The standard InChI is InChI=1S/C23H23ClN4O5/c24-20-19(15-32-17-11-13-27(14-12-17)23(30)31)26-28(16-7-3-1-4-8-16)21(20)25-22(29)33-18-9-5-2-6-10-18/h1-10,17H,11-15H2,(H,25,29)(H,30,31). The largest absolute Gasteiger partial charge is 0.465 e. The van der Waals surface area contributed by atoms with Crippen molar-refractivity contribution in [3.05, 3.63) is 71.4 Å². The minimum atomic E-state index is -0.920. The predicted molar refractivity (Wildman–Crippen MR) is 122 cm³/mol. The summed E-state index contributed by atoms with van der Waals surface area (Å²) in [6.07, 6.45) is -0.529. The molecule has 1 aliphatic rings. The molecule has 2 heterocycles. The quantitative estimate of drug-likeness (QED) is 0.536. The number of amides is 2. The Hall–Kier alpha value is -3.56. The molecule has 2 amide bonds. The number of nitrogens with zero attached hydrogens (tertiary/aromatic N) is 3. The van der Waals surface area contributed by atoms with E-state index in [1.165, 1.54) is 9.58 Å². The van der Waals surface area contributed by atoms with Crippen molar-refractivity contribution in [2.45, 2.75) is 25.6 Å². The second-order valence-corrected chi connectivity index (χ2v) is 7.84. The Balaban J connectivity index is 1.49. The molecule has 1 aliphatic heterocycles. The number of likely N-dealkylation sites (tertiary alicyclic amines) is 1. The highest BCUT2D eigenvalue weighted by atomic mass is 35.5. The van der Waals surface area contributed by atoms with Crippen molar-refractivity contribution in [2.24, 2.45) is 0 Å². The molecule has 0 aliphatic carbocycles. The molecule has 1 fully saturated rings. The minimum Gasteiger partial charge on any atom is -0.465 e. The second-order valence-electron chi connectivity index (χ2n) is 7.46. The van der Waals surface area contributed by atoms with E-state index in [1.807, 2.05) is 36.4 Å². The number of piperidine rings is 1. The smallest absolute Gasteiger partial charge is 0.418 e. The van der Waals surface area contributed by atoms with Crippen LogP contribution in [0.1, 0.15) is 18.5 Å². The van der Waals surface area contributed by atoms with E-state index in [0.29, 0.717) is 43.1 Å². The number of carbonyl (C=O) groups is 2. The van der Waals surface area contributed by atoms with Crippen molar-refractivity contribution in [3.8, 4) is 11.4 Å². The van der Waals surface area contributed by atoms with Crippen molar-refractivity contribution < 1.29 is 24.2 Å². The molecule has 0 spiro atoms. The number of hydrogen-bond acceptors (Lipinski definition) is 5. The van der Waals surface area contributed by atoms with E-state index < -0.39 is 12.2 Å². The number of rotatable bonds is 6. The van der Waals surface area contributed by atoms with Crippen molar-refractivity contribution >= 4 is 29.6 Å². The van der Waals surface area contributed by atoms with Crippen LogP contribution < -0.4 is 10.1 Å². The highest BCUT2D eigenvalue weighted by molar-refractivity contribution is 6.34. The summed E-state index contributed by atoms with van der Waals surface area (Å²) in [7, 11) is 0. The normalized spacial score (nSPS) is 14.2. The summed E-state index contributed by atoms with van der Waals surface area (Å²) in [5, 5.41) is 16.6. The summed E-state index contributed by atoms with van der Waals surface area (Å²) in [4.78, 5) is 24.9. The highest BCUT2D eigenvalue weighted by Gasteiger charge is 2.25. The van der Waals surface area contributed by atoms with Crippen LogP contribution in [0, 0.1) is 0 Å². The summed E-state index contributed by atoms with van der Waals surface area (Å²) in [5.74, 6) is 0.663. The molecule has 172 valence electrons. The predicted octanol–water partition coefficient (Wildman–Crippen LogP) is 4.80. The Morgan fingerprint density at radius 2 is 1.70 bits per heavy atom. The number of nitrogens with one attached hydrogen (secondary N) is 1. The monoisotopic (exact) mass is 470 g/mol. The maximum absolute atomic E-state index is 12.5. The Bertz CT molecular complexity index is 1100. The minimum absolute atomic E-state index is 0.0991. The van der Waals surface area contributed by atoms with E-state index in [1.54, 1.807) is 24.3 Å². The molecule has 1 saturated heterocycles. The number of ether oxygens (including phenoxy) is 2. The third-order valence-corrected chi connectivity index (χ3v) is 5.63. The van der Waals surface area contributed by atoms with Gasteiger partial charge in [0.2, 0.25) is 0 Å². The molecule has 0 atom stereocenters. The average Bonchev–Trinajstić information content (AvgIpc) is 3.14. The molecule has 0 bridgehead atoms. The third kappa shape index (κ3) is 5.63. The highest BCUT2D eigenvalue weighted by Crippen LogP contribution is 2.30. The van der Waals surface area contributed by atoms with Crippen LogP contribution in [0.5, 0.6) is 5.75 Å². The van der Waals surface area contributed by atoms with Crippen LogP contribution in [0.25, 0.3) is 5.69 Å². The zero-order valence-corrected chi connectivity index (χ0v) is 18.4. The molecule has 1 aromatic heterocycles. The van der Waals surface area contributed by atoms with Gasteiger partial charge in [0.15, 0.2) is 5.82 Å². The number of para-hydroxylation sites is 2. The number of benzene rings is 2. The molecule has 3 aromatic rings. The molecule has 10 heteroatoms. The Kier molecular flexibility index (Phi) is 7.11. The van der Waals surface area contributed by atoms with E-state index >= 15 is 0 Å². The van der Waals surface area contributed by atoms with Crippen LogP contribution in [-0.2, 0) is 11.3 Å². The van der Waals surface area contributed by atoms with Gasteiger partial charge >= 0.3 is 12.2 Å². The molecular formula is C23H23ClN4O5. The Morgan fingerprint density at radius 3 is 2.33 bits per heavy atom. The first kappa shape index (κ1) is 22.6. The van der Waals surface area contributed by atoms with Gasteiger partial charge in [0.1, 0.15) is 16.5 Å². The third-order valence-electron chi connectivity index (χ3n) is 5.24. The van der Waals surface area contributed by atoms with Gasteiger partial charge in [-0.15, -0.1) is 0 Å². The molecular weight excluding hydrogens is 448 g/mol. The van der Waals surface area contributed by atoms with Gasteiger partial charge in [-0.25, -0.2) is 14.3 Å². The number of aromatic nitrogens is 2. The first-order valence-corrected chi connectivity index (χ1v) is 10.8. The van der Waals surface area contributed by atoms with Crippen molar-refractivity contribution in [1.29, 1.82) is 0 Å². The number of hydrogen-bond donors (Lipinski definition) is 2. The number of halogens is 1. The van der Waals surface area contributed by atoms with Crippen LogP contribution in [0.15, 0.2) is 60.7 Å². The molecule has 33 heavy (non-hydrogen) atoms. The van der Waals surface area contributed by atoms with E-state index in [-0.39, 0.29) is 23.6 Å². The number of anilines is 1. The van der Waals surface area contributed by atoms with E-state index in [2.05, 4.69) is 10.4 Å². The number of carboxylic acid groups (broad SMARTS) is 1. The number of carbonyl (C=O) groups excluding carboxylic acids is 1. The van der Waals surface area contributed by atoms with Crippen LogP contribution in [0.2, 0.25) is 5.02 Å². The Morgan fingerprint density at radius 1 is 1.06 bits per heavy atom. The van der Waals surface area contributed by atoms with Crippen LogP contribution in [0.4, 0.5) is 15.4 Å². The van der Waals surface area contributed by atoms with Crippen molar-refractivity contribution in [2.75, 3.05) is 18.4 Å². The van der Waals surface area contributed by atoms with Gasteiger partial charge in [0, 0.05) is 13.1 Å².